The first kappa shape index (κ1) is 15.5. The normalized spacial score (nSPS) is 14.1. The monoisotopic (exact) mass is 226 g/mol. The minimum atomic E-state index is 0.665. The van der Waals surface area contributed by atoms with Crippen molar-refractivity contribution in [2.24, 2.45) is 11.3 Å². The second-order valence-corrected chi connectivity index (χ2v) is 6.16. The van der Waals surface area contributed by atoms with Gasteiger partial charge in [-0.05, 0) is 24.2 Å². The van der Waals surface area contributed by atoms with Crippen molar-refractivity contribution in [2.45, 2.75) is 77.9 Å². The van der Waals surface area contributed by atoms with E-state index >= 15 is 0 Å². The maximum absolute atomic E-state index is 2.38. The topological polar surface area (TPSA) is 0 Å². The van der Waals surface area contributed by atoms with E-state index in [0.29, 0.717) is 5.41 Å². The van der Waals surface area contributed by atoms with Crippen molar-refractivity contribution in [3.8, 4) is 0 Å². The molecule has 0 amide bonds. The third kappa shape index (κ3) is 5.41. The summed E-state index contributed by atoms with van der Waals surface area (Å²) in [6.45, 7) is 9.50. The van der Waals surface area contributed by atoms with Gasteiger partial charge in [-0.25, -0.2) is 0 Å². The molecule has 0 aromatic rings. The molecule has 15 heavy (non-hydrogen) atoms. The van der Waals surface area contributed by atoms with E-state index in [2.05, 4.69) is 27.7 Å². The Bertz CT molecular complexity index is 130. The Labute approximate surface area is 106 Å². The van der Waals surface area contributed by atoms with Crippen LogP contribution in [0.3, 0.4) is 0 Å². The molecule has 0 nitrogen and oxygen atoms in total. The van der Waals surface area contributed by atoms with Crippen molar-refractivity contribution in [3.05, 3.63) is 0 Å². The van der Waals surface area contributed by atoms with Gasteiger partial charge in [0, 0.05) is 0 Å². The molecular formula is C14H31Al. The molecule has 0 bridgehead atoms. The fraction of sp³-hybridized carbons (Fsp3) is 1.00. The largest absolute Gasteiger partial charge is 0.211 e. The van der Waals surface area contributed by atoms with Crippen LogP contribution in [0.15, 0.2) is 0 Å². The lowest BCUT2D eigenvalue weighted by atomic mass is 9.74. The van der Waals surface area contributed by atoms with Gasteiger partial charge in [-0.15, -0.1) is 5.28 Å². The molecule has 0 aromatic carbocycles. The Balaban J connectivity index is 4.06. The molecule has 1 atom stereocenters. The molecule has 0 aliphatic rings. The van der Waals surface area contributed by atoms with Crippen molar-refractivity contribution in [2.75, 3.05) is 0 Å². The highest BCUT2D eigenvalue weighted by Gasteiger charge is 2.24. The number of rotatable bonds is 9. The van der Waals surface area contributed by atoms with E-state index in [9.17, 15) is 0 Å². The van der Waals surface area contributed by atoms with E-state index in [-0.39, 0.29) is 0 Å². The van der Waals surface area contributed by atoms with Crippen LogP contribution in [0.2, 0.25) is 5.28 Å². The maximum Gasteiger partial charge on any atom is 0.211 e. The summed E-state index contributed by atoms with van der Waals surface area (Å²) in [6, 6.07) is 0. The quantitative estimate of drug-likeness (QED) is 0.509. The van der Waals surface area contributed by atoms with Crippen LogP contribution in [0, 0.1) is 11.3 Å². The highest BCUT2D eigenvalue weighted by atomic mass is 27.0. The zero-order valence-electron chi connectivity index (χ0n) is 11.7. The van der Waals surface area contributed by atoms with Crippen LogP contribution in [0.5, 0.6) is 0 Å². The zero-order valence-corrected chi connectivity index (χ0v) is 13.7. The minimum absolute atomic E-state index is 0.665. The third-order valence-electron chi connectivity index (χ3n) is 4.61. The molecule has 0 aliphatic carbocycles. The predicted octanol–water partition coefficient (Wildman–Crippen LogP) is 4.45. The number of hydrogen-bond acceptors (Lipinski definition) is 0. The first-order chi connectivity index (χ1) is 7.17. The van der Waals surface area contributed by atoms with Crippen LogP contribution >= 0.6 is 0 Å². The van der Waals surface area contributed by atoms with Gasteiger partial charge >= 0.3 is 0 Å². The average molecular weight is 226 g/mol. The molecule has 0 saturated heterocycles. The highest BCUT2D eigenvalue weighted by Crippen LogP contribution is 2.37. The van der Waals surface area contributed by atoms with Gasteiger partial charge < -0.3 is 0 Å². The van der Waals surface area contributed by atoms with Crippen LogP contribution in [-0.4, -0.2) is 16.3 Å². The Hall–Kier alpha value is 0.532. The Kier molecular flexibility index (Phi) is 8.97. The SMILES string of the molecule is CCC(C[CH2][AlH2])CCC(CC)(CC)CC. The van der Waals surface area contributed by atoms with E-state index in [0.717, 1.165) is 5.92 Å². The molecule has 1 unspecified atom stereocenters. The predicted molar refractivity (Wildman–Crippen MR) is 74.3 cm³/mol. The molecule has 0 N–H and O–H groups in total. The van der Waals surface area contributed by atoms with Crippen molar-refractivity contribution in [1.82, 2.24) is 0 Å². The lowest BCUT2D eigenvalue weighted by molar-refractivity contribution is 0.204. The smallest absolute Gasteiger partial charge is 0.101 e. The number of hydrogen-bond donors (Lipinski definition) is 0. The summed E-state index contributed by atoms with van der Waals surface area (Å²) in [6.07, 6.45) is 9.96. The van der Waals surface area contributed by atoms with Crippen molar-refractivity contribution < 1.29 is 0 Å². The summed E-state index contributed by atoms with van der Waals surface area (Å²) in [5, 5.41) is 1.50. The van der Waals surface area contributed by atoms with Crippen LogP contribution in [-0.2, 0) is 0 Å². The Morgan fingerprint density at radius 2 is 1.47 bits per heavy atom. The summed E-state index contributed by atoms with van der Waals surface area (Å²) < 4.78 is 0. The molecule has 0 saturated carbocycles. The molecule has 0 fully saturated rings. The first-order valence-electron chi connectivity index (χ1n) is 7.17. The van der Waals surface area contributed by atoms with Crippen molar-refractivity contribution in [1.29, 1.82) is 0 Å². The first-order valence-corrected chi connectivity index (χ1v) is 8.59. The van der Waals surface area contributed by atoms with E-state index in [1.807, 2.05) is 0 Å². The summed E-state index contributed by atoms with van der Waals surface area (Å²) in [5.74, 6) is 1.02. The second-order valence-electron chi connectivity index (χ2n) is 5.16. The molecule has 0 rings (SSSR count). The van der Waals surface area contributed by atoms with Gasteiger partial charge in [0.15, 0.2) is 0 Å². The molecule has 0 spiro atoms. The fourth-order valence-corrected chi connectivity index (χ4v) is 3.57. The van der Waals surface area contributed by atoms with Gasteiger partial charge in [-0.1, -0.05) is 59.8 Å². The van der Waals surface area contributed by atoms with Crippen LogP contribution in [0.25, 0.3) is 0 Å². The van der Waals surface area contributed by atoms with Crippen LogP contribution in [0.1, 0.15) is 72.6 Å². The van der Waals surface area contributed by atoms with Gasteiger partial charge in [-0.2, -0.15) is 0 Å². The summed E-state index contributed by atoms with van der Waals surface area (Å²) in [7, 11) is 0. The summed E-state index contributed by atoms with van der Waals surface area (Å²) in [4.78, 5) is 0. The second kappa shape index (κ2) is 8.66. The highest BCUT2D eigenvalue weighted by molar-refractivity contribution is 6.08. The minimum Gasteiger partial charge on any atom is -0.101 e. The van der Waals surface area contributed by atoms with Gasteiger partial charge in [-0.3, -0.25) is 0 Å². The molecule has 0 aromatic heterocycles. The van der Waals surface area contributed by atoms with Crippen molar-refractivity contribution >= 4 is 16.3 Å². The molecular weight excluding hydrogens is 195 g/mol. The van der Waals surface area contributed by atoms with Gasteiger partial charge in [0.2, 0.25) is 16.3 Å². The Morgan fingerprint density at radius 3 is 1.80 bits per heavy atom. The molecule has 1 heteroatoms. The van der Waals surface area contributed by atoms with Gasteiger partial charge in [0.05, 0.1) is 0 Å². The Morgan fingerprint density at radius 1 is 0.933 bits per heavy atom. The molecule has 0 aliphatic heterocycles. The summed E-state index contributed by atoms with van der Waals surface area (Å²) >= 11 is 1.39. The zero-order chi connectivity index (χ0) is 11.7. The van der Waals surface area contributed by atoms with Gasteiger partial charge in [0.25, 0.3) is 0 Å². The standard InChI is InChI=1S/C14H29.Al.2H/c1-6-13(7-2)11-12-14(8-3,9-4)10-5;;;/h13H,1,6-12H2,2-5H3;;;. The van der Waals surface area contributed by atoms with E-state index in [4.69, 9.17) is 0 Å². The van der Waals surface area contributed by atoms with Crippen molar-refractivity contribution in [3.63, 3.8) is 0 Å². The van der Waals surface area contributed by atoms with Crippen LogP contribution < -0.4 is 0 Å². The fourth-order valence-electron chi connectivity index (χ4n) is 2.75. The van der Waals surface area contributed by atoms with E-state index in [1.54, 1.807) is 0 Å². The van der Waals surface area contributed by atoms with Gasteiger partial charge in [0.1, 0.15) is 0 Å². The summed E-state index contributed by atoms with van der Waals surface area (Å²) in [5.41, 5.74) is 0.665. The van der Waals surface area contributed by atoms with E-state index < -0.39 is 0 Å². The molecule has 90 valence electrons. The molecule has 0 radical (unpaired) electrons. The van der Waals surface area contributed by atoms with Crippen LogP contribution in [0.4, 0.5) is 0 Å². The lowest BCUT2D eigenvalue weighted by Crippen LogP contribution is -2.19. The molecule has 0 heterocycles. The third-order valence-corrected chi connectivity index (χ3v) is 5.18. The average Bonchev–Trinajstić information content (AvgIpc) is 2.30. The lowest BCUT2D eigenvalue weighted by Gasteiger charge is -2.32. The van der Waals surface area contributed by atoms with E-state index in [1.165, 1.54) is 66.5 Å². The maximum atomic E-state index is 2.38.